The summed E-state index contributed by atoms with van der Waals surface area (Å²) in [7, 11) is 1.63. The van der Waals surface area contributed by atoms with E-state index in [0.717, 1.165) is 27.9 Å². The zero-order valence-electron chi connectivity index (χ0n) is 10.8. The summed E-state index contributed by atoms with van der Waals surface area (Å²) < 4.78 is 0. The van der Waals surface area contributed by atoms with E-state index in [1.165, 1.54) is 0 Å². The lowest BCUT2D eigenvalue weighted by Gasteiger charge is -2.09. The monoisotopic (exact) mass is 257 g/mol. The fourth-order valence-electron chi connectivity index (χ4n) is 1.98. The van der Waals surface area contributed by atoms with Crippen LogP contribution in [0.5, 0.6) is 0 Å². The highest BCUT2D eigenvalue weighted by Crippen LogP contribution is 2.26. The highest BCUT2D eigenvalue weighted by molar-refractivity contribution is 5.82. The first kappa shape index (κ1) is 13.3. The lowest BCUT2D eigenvalue weighted by Crippen LogP contribution is -2.73. The highest BCUT2D eigenvalue weighted by Gasteiger charge is 2.11. The maximum absolute atomic E-state index is 11.6. The molecule has 4 nitrogen and oxygen atoms in total. The molecule has 0 bridgehead atoms. The maximum Gasteiger partial charge on any atom is 0.224 e. The van der Waals surface area contributed by atoms with Gasteiger partial charge in [-0.2, -0.15) is 5.48 Å². The van der Waals surface area contributed by atoms with E-state index in [1.807, 2.05) is 42.5 Å². The molecule has 2 aromatic carbocycles. The standard InChI is InChI=1S/C15H16N2O2/c1-16-15(18)9-12-7-8-13(17-19)10-14(12)11-5-3-2-4-6-11/h2-8,10,17,19H,9H2,1H3,(H,16,18)/p+1. The first-order chi connectivity index (χ1) is 9.24. The van der Waals surface area contributed by atoms with Crippen molar-refractivity contribution in [1.82, 2.24) is 5.32 Å². The van der Waals surface area contributed by atoms with Gasteiger partial charge in [0.15, 0.2) is 5.69 Å². The van der Waals surface area contributed by atoms with Crippen molar-refractivity contribution in [1.29, 1.82) is 0 Å². The molecule has 0 aliphatic carbocycles. The number of hydrogen-bond acceptors (Lipinski definition) is 2. The van der Waals surface area contributed by atoms with Crippen LogP contribution >= 0.6 is 0 Å². The van der Waals surface area contributed by atoms with Crippen molar-refractivity contribution in [2.75, 3.05) is 7.05 Å². The lowest BCUT2D eigenvalue weighted by molar-refractivity contribution is -0.825. The van der Waals surface area contributed by atoms with Crippen LogP contribution in [0.4, 0.5) is 5.69 Å². The Morgan fingerprint density at radius 3 is 2.58 bits per heavy atom. The number of likely N-dealkylation sites (N-methyl/N-ethyl adjacent to an activating group) is 1. The predicted molar refractivity (Wildman–Crippen MR) is 73.0 cm³/mol. The zero-order chi connectivity index (χ0) is 13.7. The van der Waals surface area contributed by atoms with Crippen molar-refractivity contribution in [3.63, 3.8) is 0 Å². The predicted octanol–water partition coefficient (Wildman–Crippen LogP) is 1.23. The summed E-state index contributed by atoms with van der Waals surface area (Å²) in [6, 6.07) is 15.4. The molecule has 0 aromatic heterocycles. The van der Waals surface area contributed by atoms with Crippen molar-refractivity contribution >= 4 is 11.6 Å². The van der Waals surface area contributed by atoms with Gasteiger partial charge >= 0.3 is 0 Å². The average molecular weight is 257 g/mol. The normalized spacial score (nSPS) is 10.2. The third-order valence-electron chi connectivity index (χ3n) is 3.00. The molecule has 19 heavy (non-hydrogen) atoms. The Bertz CT molecular complexity index is 568. The molecule has 0 heterocycles. The zero-order valence-corrected chi connectivity index (χ0v) is 10.8. The van der Waals surface area contributed by atoms with Crippen LogP contribution in [0.15, 0.2) is 48.5 Å². The fourth-order valence-corrected chi connectivity index (χ4v) is 1.98. The van der Waals surface area contributed by atoms with Gasteiger partial charge in [0.05, 0.1) is 6.42 Å². The molecule has 1 amide bonds. The smallest absolute Gasteiger partial charge is 0.224 e. The van der Waals surface area contributed by atoms with Crippen LogP contribution in [0.25, 0.3) is 11.1 Å². The Labute approximate surface area is 112 Å². The van der Waals surface area contributed by atoms with E-state index in [1.54, 1.807) is 13.1 Å². The Kier molecular flexibility index (Phi) is 4.28. The molecule has 0 saturated carbocycles. The number of quaternary nitrogens is 1. The van der Waals surface area contributed by atoms with Crippen LogP contribution in [0.3, 0.4) is 0 Å². The summed E-state index contributed by atoms with van der Waals surface area (Å²) in [5.74, 6) is -0.0297. The summed E-state index contributed by atoms with van der Waals surface area (Å²) in [4.78, 5) is 11.6. The van der Waals surface area contributed by atoms with E-state index in [9.17, 15) is 4.79 Å². The molecule has 2 rings (SSSR count). The van der Waals surface area contributed by atoms with Crippen molar-refractivity contribution in [2.45, 2.75) is 6.42 Å². The second kappa shape index (κ2) is 6.13. The minimum absolute atomic E-state index is 0.0297. The largest absolute Gasteiger partial charge is 0.359 e. The van der Waals surface area contributed by atoms with E-state index in [4.69, 9.17) is 5.21 Å². The molecule has 0 spiro atoms. The van der Waals surface area contributed by atoms with Gasteiger partial charge in [0.2, 0.25) is 5.91 Å². The number of carbonyl (C=O) groups excluding carboxylic acids is 1. The van der Waals surface area contributed by atoms with E-state index in [2.05, 4.69) is 5.32 Å². The summed E-state index contributed by atoms with van der Waals surface area (Å²) in [5, 5.41) is 11.7. The number of benzene rings is 2. The van der Waals surface area contributed by atoms with Crippen LogP contribution in [0, 0.1) is 0 Å². The molecule has 0 radical (unpaired) electrons. The second-order valence-electron chi connectivity index (χ2n) is 4.26. The van der Waals surface area contributed by atoms with Crippen molar-refractivity contribution in [3.05, 3.63) is 54.1 Å². The van der Waals surface area contributed by atoms with Crippen molar-refractivity contribution in [2.24, 2.45) is 0 Å². The Balaban J connectivity index is 2.45. The van der Waals surface area contributed by atoms with Crippen LogP contribution in [0.1, 0.15) is 5.56 Å². The first-order valence-electron chi connectivity index (χ1n) is 6.11. The van der Waals surface area contributed by atoms with Crippen LogP contribution in [-0.4, -0.2) is 18.2 Å². The Hall–Kier alpha value is -2.17. The van der Waals surface area contributed by atoms with Gasteiger partial charge in [-0.1, -0.05) is 36.4 Å². The van der Waals surface area contributed by atoms with Gasteiger partial charge in [-0.25, -0.2) is 5.21 Å². The van der Waals surface area contributed by atoms with Crippen LogP contribution < -0.4 is 10.8 Å². The SMILES string of the molecule is CNC(=O)Cc1ccc([NH2+]O)cc1-c1ccccc1. The van der Waals surface area contributed by atoms with E-state index in [-0.39, 0.29) is 5.91 Å². The molecule has 98 valence electrons. The molecule has 4 heteroatoms. The second-order valence-corrected chi connectivity index (χ2v) is 4.26. The van der Waals surface area contributed by atoms with Gasteiger partial charge in [0.25, 0.3) is 0 Å². The Morgan fingerprint density at radius 2 is 1.95 bits per heavy atom. The number of nitrogens with two attached hydrogens (primary N) is 1. The summed E-state index contributed by atoms with van der Waals surface area (Å²) in [6.07, 6.45) is 0.326. The number of carbonyl (C=O) groups is 1. The number of hydrogen-bond donors (Lipinski definition) is 3. The lowest BCUT2D eigenvalue weighted by atomic mass is 9.97. The third kappa shape index (κ3) is 3.19. The van der Waals surface area contributed by atoms with E-state index >= 15 is 0 Å². The first-order valence-corrected chi connectivity index (χ1v) is 6.11. The molecule has 0 atom stereocenters. The number of rotatable bonds is 4. The molecule has 0 fully saturated rings. The molecular formula is C15H17N2O2+. The topological polar surface area (TPSA) is 65.9 Å². The molecule has 0 saturated heterocycles. The van der Waals surface area contributed by atoms with Gasteiger partial charge in [-0.15, -0.1) is 0 Å². The van der Waals surface area contributed by atoms with Gasteiger partial charge in [0, 0.05) is 19.2 Å². The highest BCUT2D eigenvalue weighted by atomic mass is 16.5. The minimum Gasteiger partial charge on any atom is -0.359 e. The summed E-state index contributed by atoms with van der Waals surface area (Å²) in [5.41, 5.74) is 4.73. The van der Waals surface area contributed by atoms with Gasteiger partial charge in [-0.3, -0.25) is 4.79 Å². The van der Waals surface area contributed by atoms with Crippen LogP contribution in [0.2, 0.25) is 0 Å². The van der Waals surface area contributed by atoms with Crippen molar-refractivity contribution < 1.29 is 15.5 Å². The maximum atomic E-state index is 11.6. The molecule has 4 N–H and O–H groups in total. The van der Waals surface area contributed by atoms with Crippen LogP contribution in [-0.2, 0) is 11.2 Å². The van der Waals surface area contributed by atoms with E-state index in [0.29, 0.717) is 6.42 Å². The fraction of sp³-hybridized carbons (Fsp3) is 0.133. The summed E-state index contributed by atoms with van der Waals surface area (Å²) in [6.45, 7) is 0. The molecule has 2 aromatic rings. The summed E-state index contributed by atoms with van der Waals surface area (Å²) >= 11 is 0. The third-order valence-corrected chi connectivity index (χ3v) is 3.00. The molecule has 0 aliphatic heterocycles. The number of nitrogens with one attached hydrogen (secondary N) is 1. The Morgan fingerprint density at radius 1 is 1.21 bits per heavy atom. The number of amides is 1. The average Bonchev–Trinajstić information content (AvgIpc) is 2.48. The van der Waals surface area contributed by atoms with Gasteiger partial charge in [-0.05, 0) is 16.7 Å². The molecular weight excluding hydrogens is 240 g/mol. The minimum atomic E-state index is -0.0297. The van der Waals surface area contributed by atoms with Gasteiger partial charge < -0.3 is 5.32 Å². The van der Waals surface area contributed by atoms with E-state index < -0.39 is 0 Å². The quantitative estimate of drug-likeness (QED) is 0.569. The van der Waals surface area contributed by atoms with Gasteiger partial charge in [0.1, 0.15) is 0 Å². The molecule has 0 unspecified atom stereocenters. The van der Waals surface area contributed by atoms with Crippen molar-refractivity contribution in [3.8, 4) is 11.1 Å². The molecule has 0 aliphatic rings.